The molecule has 14 heteroatoms. The molecule has 1 saturated heterocycles. The second-order valence-electron chi connectivity index (χ2n) is 12.3. The van der Waals surface area contributed by atoms with E-state index in [0.29, 0.717) is 42.1 Å². The topological polar surface area (TPSA) is 169 Å². The van der Waals surface area contributed by atoms with Gasteiger partial charge in [0, 0.05) is 25.0 Å². The van der Waals surface area contributed by atoms with Crippen molar-refractivity contribution < 1.29 is 41.8 Å². The summed E-state index contributed by atoms with van der Waals surface area (Å²) < 4.78 is 53.4. The minimum Gasteiger partial charge on any atom is -0.490 e. The summed E-state index contributed by atoms with van der Waals surface area (Å²) in [5.74, 6) is -1.40. The van der Waals surface area contributed by atoms with Gasteiger partial charge in [0.15, 0.2) is 21.3 Å². The Morgan fingerprint density at radius 1 is 1.06 bits per heavy atom. The number of amides is 3. The van der Waals surface area contributed by atoms with Gasteiger partial charge in [0.05, 0.1) is 34.5 Å². The highest BCUT2D eigenvalue weighted by atomic mass is 32.2. The number of nitrogens with one attached hydrogen (secondary N) is 1. The number of carbonyl (C=O) groups is 3. The Labute approximate surface area is 285 Å². The predicted molar refractivity (Wildman–Crippen MR) is 184 cm³/mol. The molecule has 1 aliphatic rings. The summed E-state index contributed by atoms with van der Waals surface area (Å²) in [6.45, 7) is 9.24. The summed E-state index contributed by atoms with van der Waals surface area (Å²) in [7, 11) is -2.50. The maximum absolute atomic E-state index is 14.7. The minimum absolute atomic E-state index is 0.0118. The van der Waals surface area contributed by atoms with Crippen LogP contribution in [0.1, 0.15) is 81.0 Å². The molecule has 0 aliphatic carbocycles. The van der Waals surface area contributed by atoms with E-state index in [1.807, 2.05) is 20.8 Å². The molecule has 264 valence electrons. The Balaban J connectivity index is 1.87. The summed E-state index contributed by atoms with van der Waals surface area (Å²) in [6, 6.07) is 11.2. The fraction of sp³-hybridized carbons (Fsp3) is 0.400. The maximum Gasteiger partial charge on any atom is 0.411 e. The molecule has 4 rings (SSSR count). The number of sulfone groups is 1. The van der Waals surface area contributed by atoms with E-state index in [0.717, 1.165) is 11.0 Å². The number of likely N-dealkylation sites (tertiary alicyclic amines) is 1. The first-order valence-corrected chi connectivity index (χ1v) is 17.6. The zero-order valence-corrected chi connectivity index (χ0v) is 29.2. The maximum atomic E-state index is 14.7. The zero-order valence-electron chi connectivity index (χ0n) is 28.4. The van der Waals surface area contributed by atoms with Crippen LogP contribution >= 0.6 is 0 Å². The number of carboxylic acid groups (broad SMARTS) is 1. The number of ether oxygens (including phenoxy) is 2. The van der Waals surface area contributed by atoms with Gasteiger partial charge in [-0.2, -0.15) is 0 Å². The van der Waals surface area contributed by atoms with Crippen LogP contribution in [0.5, 0.6) is 11.5 Å². The minimum atomic E-state index is -3.85. The molecule has 1 aliphatic heterocycles. The number of hydrogen-bond donors (Lipinski definition) is 3. The smallest absolute Gasteiger partial charge is 0.411 e. The van der Waals surface area contributed by atoms with Crippen molar-refractivity contribution in [2.24, 2.45) is 5.73 Å². The van der Waals surface area contributed by atoms with Gasteiger partial charge in [-0.05, 0) is 107 Å². The van der Waals surface area contributed by atoms with Crippen LogP contribution in [0.3, 0.4) is 0 Å². The molecule has 0 saturated carbocycles. The Morgan fingerprint density at radius 2 is 1.78 bits per heavy atom. The number of carbonyl (C=O) groups excluding carboxylic acids is 2. The Bertz CT molecular complexity index is 1830. The van der Waals surface area contributed by atoms with Crippen LogP contribution < -0.4 is 25.4 Å². The van der Waals surface area contributed by atoms with Crippen LogP contribution in [0.4, 0.5) is 20.6 Å². The lowest BCUT2D eigenvalue weighted by Gasteiger charge is -2.32. The van der Waals surface area contributed by atoms with Crippen molar-refractivity contribution >= 4 is 39.1 Å². The molecule has 0 unspecified atom stereocenters. The van der Waals surface area contributed by atoms with Gasteiger partial charge >= 0.3 is 6.09 Å². The molecule has 0 spiro atoms. The number of hydrogen-bond acceptors (Lipinski definition) is 8. The molecule has 3 amide bonds. The molecule has 12 nitrogen and oxygen atoms in total. The van der Waals surface area contributed by atoms with Crippen molar-refractivity contribution in [1.29, 1.82) is 0 Å². The van der Waals surface area contributed by atoms with Gasteiger partial charge in [0.25, 0.3) is 5.91 Å². The third-order valence-electron chi connectivity index (χ3n) is 8.24. The van der Waals surface area contributed by atoms with Gasteiger partial charge in [-0.1, -0.05) is 6.07 Å². The molecule has 0 bridgehead atoms. The Kier molecular flexibility index (Phi) is 11.4. The fourth-order valence-corrected chi connectivity index (χ4v) is 7.02. The highest BCUT2D eigenvalue weighted by molar-refractivity contribution is 7.92. The lowest BCUT2D eigenvalue weighted by Crippen LogP contribution is -2.38. The van der Waals surface area contributed by atoms with Crippen molar-refractivity contribution in [2.75, 3.05) is 30.4 Å². The van der Waals surface area contributed by atoms with Crippen molar-refractivity contribution in [3.8, 4) is 11.5 Å². The van der Waals surface area contributed by atoms with Crippen LogP contribution in [-0.2, 0) is 14.6 Å². The molecule has 1 fully saturated rings. The average molecular weight is 699 g/mol. The molecule has 2 atom stereocenters. The van der Waals surface area contributed by atoms with Gasteiger partial charge in [-0.25, -0.2) is 17.6 Å². The normalized spacial score (nSPS) is 15.3. The SMILES string of the molecule is CCOc1cc([C@H](Nc2ccc(F)c(C(N)=O)c2)C(=O)N2CCC[C@@H]2c2cc(N(C)C(=O)O)ccc2S(=O)(=O)C(C)C)ccc1OC(C)C. The van der Waals surface area contributed by atoms with Gasteiger partial charge in [-0.15, -0.1) is 0 Å². The van der Waals surface area contributed by atoms with E-state index in [4.69, 9.17) is 15.2 Å². The first-order chi connectivity index (χ1) is 23.1. The van der Waals surface area contributed by atoms with Crippen LogP contribution in [-0.4, -0.2) is 67.9 Å². The number of benzene rings is 3. The third kappa shape index (κ3) is 8.07. The third-order valence-corrected chi connectivity index (χ3v) is 10.5. The molecule has 4 N–H and O–H groups in total. The number of rotatable bonds is 13. The molecule has 0 radical (unpaired) electrons. The summed E-state index contributed by atoms with van der Waals surface area (Å²) >= 11 is 0. The lowest BCUT2D eigenvalue weighted by molar-refractivity contribution is -0.133. The van der Waals surface area contributed by atoms with Crippen molar-refractivity contribution in [2.45, 2.75) is 75.8 Å². The van der Waals surface area contributed by atoms with Crippen LogP contribution in [0.2, 0.25) is 0 Å². The number of nitrogens with two attached hydrogens (primary N) is 1. The van der Waals surface area contributed by atoms with Crippen molar-refractivity contribution in [3.05, 3.63) is 77.1 Å². The highest BCUT2D eigenvalue weighted by Gasteiger charge is 2.38. The van der Waals surface area contributed by atoms with E-state index in [1.165, 1.54) is 37.4 Å². The second kappa shape index (κ2) is 15.1. The summed E-state index contributed by atoms with van der Waals surface area (Å²) in [4.78, 5) is 41.1. The number of nitrogens with zero attached hydrogens (tertiary/aromatic N) is 2. The first-order valence-electron chi connectivity index (χ1n) is 16.0. The number of primary amides is 1. The van der Waals surface area contributed by atoms with Gasteiger partial charge < -0.3 is 30.5 Å². The molecule has 1 heterocycles. The molecule has 3 aromatic carbocycles. The van der Waals surface area contributed by atoms with E-state index in [1.54, 1.807) is 36.9 Å². The zero-order chi connectivity index (χ0) is 36.2. The summed E-state index contributed by atoms with van der Waals surface area (Å²) in [5.41, 5.74) is 6.26. The molecular weight excluding hydrogens is 655 g/mol. The largest absolute Gasteiger partial charge is 0.490 e. The van der Waals surface area contributed by atoms with E-state index in [9.17, 15) is 32.3 Å². The van der Waals surface area contributed by atoms with Crippen molar-refractivity contribution in [3.63, 3.8) is 0 Å². The Hall–Kier alpha value is -4.85. The van der Waals surface area contributed by atoms with E-state index in [2.05, 4.69) is 5.32 Å². The summed E-state index contributed by atoms with van der Waals surface area (Å²) in [5, 5.41) is 12.0. The molecule has 3 aromatic rings. The molecule has 49 heavy (non-hydrogen) atoms. The van der Waals surface area contributed by atoms with Crippen molar-refractivity contribution in [1.82, 2.24) is 4.90 Å². The average Bonchev–Trinajstić information content (AvgIpc) is 3.54. The van der Waals surface area contributed by atoms with E-state index < -0.39 is 50.9 Å². The molecule has 0 aromatic heterocycles. The predicted octanol–water partition coefficient (Wildman–Crippen LogP) is 5.92. The first kappa shape index (κ1) is 37.0. The van der Waals surface area contributed by atoms with Gasteiger partial charge in [0.2, 0.25) is 5.91 Å². The standard InChI is InChI=1S/C35H43FN4O8S/c1-7-47-30-17-22(10-14-29(30)48-20(2)3)32(38-23-11-13-27(36)25(18-23)33(37)41)34(42)40-16-8-9-28(40)26-19-24(39(6)35(43)44)12-15-31(26)49(45,46)21(4)5/h10-15,17-21,28,32,38H,7-9,16H2,1-6H3,(H2,37,41)(H,43,44)/t28-,32+/m1/s1. The fourth-order valence-electron chi connectivity index (χ4n) is 5.73. The van der Waals surface area contributed by atoms with E-state index >= 15 is 0 Å². The second-order valence-corrected chi connectivity index (χ2v) is 14.8. The van der Waals surface area contributed by atoms with Gasteiger partial charge in [0.1, 0.15) is 11.9 Å². The lowest BCUT2D eigenvalue weighted by atomic mass is 10.00. The monoisotopic (exact) mass is 698 g/mol. The van der Waals surface area contributed by atoms with Crippen LogP contribution in [0, 0.1) is 5.82 Å². The summed E-state index contributed by atoms with van der Waals surface area (Å²) in [6.07, 6.45) is -0.451. The van der Waals surface area contributed by atoms with E-state index in [-0.39, 0.29) is 34.5 Å². The molecular formula is C35H43FN4O8S. The van der Waals surface area contributed by atoms with Crippen LogP contribution in [0.15, 0.2) is 59.5 Å². The van der Waals surface area contributed by atoms with Crippen LogP contribution in [0.25, 0.3) is 0 Å². The van der Waals surface area contributed by atoms with Gasteiger partial charge in [-0.3, -0.25) is 14.5 Å². The highest BCUT2D eigenvalue weighted by Crippen LogP contribution is 2.41. The number of halogens is 1. The quantitative estimate of drug-likeness (QED) is 0.196. The number of anilines is 2. The Morgan fingerprint density at radius 3 is 2.39 bits per heavy atom.